The van der Waals surface area contributed by atoms with Crippen LogP contribution >= 0.6 is 0 Å². The van der Waals surface area contributed by atoms with E-state index in [2.05, 4.69) is 91.8 Å². The van der Waals surface area contributed by atoms with Gasteiger partial charge in [-0.25, -0.2) is 4.70 Å². The Bertz CT molecular complexity index is 1310. The van der Waals surface area contributed by atoms with Crippen LogP contribution in [0.5, 0.6) is 0 Å². The van der Waals surface area contributed by atoms with Crippen molar-refractivity contribution >= 4 is 11.4 Å². The van der Waals surface area contributed by atoms with Crippen molar-refractivity contribution in [1.82, 2.24) is 0 Å². The van der Waals surface area contributed by atoms with Crippen LogP contribution in [-0.4, -0.2) is 4.70 Å². The first-order valence-corrected chi connectivity index (χ1v) is 24.0. The molecule has 2 nitrogen and oxygen atoms in total. The van der Waals surface area contributed by atoms with Crippen molar-refractivity contribution in [3.8, 4) is 0 Å². The summed E-state index contributed by atoms with van der Waals surface area (Å²) in [4.78, 5) is 0. The van der Waals surface area contributed by atoms with E-state index in [4.69, 9.17) is 0 Å². The molecule has 3 heteroatoms. The number of nitrogens with zero attached hydrogens (tertiary/aromatic N) is 2. The Morgan fingerprint density at radius 2 is 0.679 bits per heavy atom. The van der Waals surface area contributed by atoms with Gasteiger partial charge in [-0.1, -0.05) is 131 Å². The normalized spacial score (nSPS) is 13.0. The molecule has 3 rings (SSSR count). The Labute approximate surface area is 335 Å². The fourth-order valence-corrected chi connectivity index (χ4v) is 8.17. The number of hydrogen-bond donors (Lipinski definition) is 0. The number of unbranched alkanes of at least 4 members (excludes halogenated alkanes) is 12. The Morgan fingerprint density at radius 3 is 1.06 bits per heavy atom. The van der Waals surface area contributed by atoms with Crippen LogP contribution in [-0.2, 0) is 40.1 Å². The summed E-state index contributed by atoms with van der Waals surface area (Å²) in [5.41, 5.74) is 25.7. The molecule has 0 bridgehead atoms. The van der Waals surface area contributed by atoms with Crippen molar-refractivity contribution in [2.75, 3.05) is 0 Å². The van der Waals surface area contributed by atoms with Gasteiger partial charge >= 0.3 is 39.1 Å². The SMILES string of the molecule is CCCCCCCCC1=C(c2cc(CCCC)cc(CCCC)c2)[N+](=[N-])C(c2cc(CCCCC)cc(CCCCC)c2)=C1CCCC.C[CH2][Ni][CH2]C. The zero-order valence-corrected chi connectivity index (χ0v) is 37.0. The molecule has 53 heavy (non-hydrogen) atoms. The average molecular weight is 770 g/mol. The van der Waals surface area contributed by atoms with Crippen LogP contribution in [0.25, 0.3) is 16.9 Å². The van der Waals surface area contributed by atoms with Crippen LogP contribution in [0.4, 0.5) is 0 Å². The van der Waals surface area contributed by atoms with Crippen molar-refractivity contribution in [3.05, 3.63) is 86.5 Å². The quantitative estimate of drug-likeness (QED) is 0.0468. The standard InChI is InChI=1S/C46H72N2.2C2H5.Ni/c1-7-13-19-20-21-24-30-44-43(29-18-12-6)45(42-35-39(27-22-14-8-2)32-40(36-42)28-23-15-9-3)48(47)46(44)41-33-37(25-16-10-4)31-38(34-41)26-17-11-5;2*1-2;/h31-36H,7-30H2,1-6H3;2*1H2,2H3;. The summed E-state index contributed by atoms with van der Waals surface area (Å²) >= 11 is 1.82. The van der Waals surface area contributed by atoms with E-state index in [0.717, 1.165) is 62.8 Å². The molecule has 0 radical (unpaired) electrons. The van der Waals surface area contributed by atoms with Gasteiger partial charge in [0, 0.05) is 22.3 Å². The summed E-state index contributed by atoms with van der Waals surface area (Å²) in [6.07, 6.45) is 28.9. The molecule has 2 aromatic carbocycles. The third kappa shape index (κ3) is 17.1. The fraction of sp³-hybridized carbons (Fsp3) is 0.680. The molecular weight excluding hydrogens is 687 g/mol. The zero-order chi connectivity index (χ0) is 38.7. The van der Waals surface area contributed by atoms with Gasteiger partial charge in [0.05, 0.1) is 0 Å². The molecule has 302 valence electrons. The van der Waals surface area contributed by atoms with Crippen LogP contribution < -0.4 is 0 Å². The van der Waals surface area contributed by atoms with E-state index in [1.54, 1.807) is 4.70 Å². The number of aryl methyl sites for hydroxylation is 4. The van der Waals surface area contributed by atoms with E-state index in [-0.39, 0.29) is 0 Å². The molecule has 1 aliphatic rings. The van der Waals surface area contributed by atoms with Crippen LogP contribution in [0.3, 0.4) is 0 Å². The van der Waals surface area contributed by atoms with Crippen molar-refractivity contribution < 1.29 is 19.1 Å². The van der Waals surface area contributed by atoms with Gasteiger partial charge in [0.2, 0.25) is 11.4 Å². The Kier molecular flexibility index (Phi) is 26.1. The summed E-state index contributed by atoms with van der Waals surface area (Å²) in [6.45, 7) is 18.1. The predicted octanol–water partition coefficient (Wildman–Crippen LogP) is 16.9. The zero-order valence-electron chi connectivity index (χ0n) is 36.1. The first kappa shape index (κ1) is 47.2. The maximum atomic E-state index is 12.5. The molecule has 1 aliphatic heterocycles. The summed E-state index contributed by atoms with van der Waals surface area (Å²) in [5, 5.41) is 2.56. The second-order valence-electron chi connectivity index (χ2n) is 15.4. The number of benzene rings is 2. The monoisotopic (exact) mass is 769 g/mol. The van der Waals surface area contributed by atoms with E-state index >= 15 is 0 Å². The van der Waals surface area contributed by atoms with Crippen molar-refractivity contribution in [2.24, 2.45) is 0 Å². The molecule has 0 aliphatic carbocycles. The van der Waals surface area contributed by atoms with Crippen LogP contribution in [0.1, 0.15) is 217 Å². The first-order valence-electron chi connectivity index (χ1n) is 22.6. The summed E-state index contributed by atoms with van der Waals surface area (Å²) in [6, 6.07) is 14.6. The summed E-state index contributed by atoms with van der Waals surface area (Å²) in [7, 11) is 0. The van der Waals surface area contributed by atoms with E-state index < -0.39 is 0 Å². The molecule has 0 N–H and O–H groups in total. The molecule has 0 saturated carbocycles. The maximum absolute atomic E-state index is 12.5. The van der Waals surface area contributed by atoms with Gasteiger partial charge in [-0.05, 0) is 124 Å². The van der Waals surface area contributed by atoms with Gasteiger partial charge in [0.15, 0.2) is 0 Å². The van der Waals surface area contributed by atoms with Crippen LogP contribution in [0, 0.1) is 0 Å². The molecule has 0 aromatic heterocycles. The van der Waals surface area contributed by atoms with Crippen LogP contribution in [0.2, 0.25) is 10.8 Å². The molecule has 1 heterocycles. The Morgan fingerprint density at radius 1 is 0.377 bits per heavy atom. The molecule has 0 unspecified atom stereocenters. The molecule has 2 aromatic rings. The molecule has 0 amide bonds. The number of allylic oxidation sites excluding steroid dienone is 2. The second kappa shape index (κ2) is 29.3. The van der Waals surface area contributed by atoms with Crippen LogP contribution in [0.15, 0.2) is 47.5 Å². The summed E-state index contributed by atoms with van der Waals surface area (Å²) < 4.78 is 1.67. The fourth-order valence-electron chi connectivity index (χ4n) is 7.67. The third-order valence-corrected chi connectivity index (χ3v) is 11.7. The van der Waals surface area contributed by atoms with Gasteiger partial charge < -0.3 is 5.53 Å². The van der Waals surface area contributed by atoms with E-state index in [1.165, 1.54) is 158 Å². The van der Waals surface area contributed by atoms with Gasteiger partial charge in [-0.3, -0.25) is 0 Å². The van der Waals surface area contributed by atoms with Crippen molar-refractivity contribution in [2.45, 2.75) is 220 Å². The Hall–Kier alpha value is -1.99. The molecule has 0 fully saturated rings. The van der Waals surface area contributed by atoms with E-state index in [9.17, 15) is 5.53 Å². The molecule has 0 saturated heterocycles. The second-order valence-corrected chi connectivity index (χ2v) is 17.3. The first-order chi connectivity index (χ1) is 25.9. The number of rotatable bonds is 28. The minimum absolute atomic E-state index is 1.03. The molecule has 0 atom stereocenters. The molecule has 0 spiro atoms. The van der Waals surface area contributed by atoms with E-state index in [0.29, 0.717) is 0 Å². The number of hydrogen-bond acceptors (Lipinski definition) is 0. The predicted molar refractivity (Wildman–Crippen MR) is 233 cm³/mol. The summed E-state index contributed by atoms with van der Waals surface area (Å²) in [5.74, 6) is 0. The topological polar surface area (TPSA) is 25.3 Å². The van der Waals surface area contributed by atoms with Gasteiger partial charge in [0.1, 0.15) is 0 Å². The Balaban J connectivity index is 0.00000181. The average Bonchev–Trinajstić information content (AvgIpc) is 3.44. The van der Waals surface area contributed by atoms with Crippen molar-refractivity contribution in [3.63, 3.8) is 0 Å². The van der Waals surface area contributed by atoms with E-state index in [1.807, 2.05) is 14.4 Å². The van der Waals surface area contributed by atoms with Gasteiger partial charge in [-0.2, -0.15) is 0 Å². The third-order valence-electron chi connectivity index (χ3n) is 10.7. The molecular formula is C50H82N2Ni. The minimum atomic E-state index is 1.03. The van der Waals surface area contributed by atoms with Gasteiger partial charge in [0.25, 0.3) is 0 Å². The van der Waals surface area contributed by atoms with Crippen molar-refractivity contribution in [1.29, 1.82) is 0 Å². The van der Waals surface area contributed by atoms with Gasteiger partial charge in [-0.15, -0.1) is 0 Å².